The van der Waals surface area contributed by atoms with Gasteiger partial charge in [0.2, 0.25) is 5.54 Å². The van der Waals surface area contributed by atoms with Crippen LogP contribution in [0.25, 0.3) is 10.9 Å². The van der Waals surface area contributed by atoms with Crippen LogP contribution in [0.15, 0.2) is 78.5 Å². The first kappa shape index (κ1) is 51.0. The molecule has 4 unspecified atom stereocenters. The van der Waals surface area contributed by atoms with Crippen molar-refractivity contribution < 1.29 is 57.1 Å². The van der Waals surface area contributed by atoms with Crippen molar-refractivity contribution in [2.24, 2.45) is 0 Å². The van der Waals surface area contributed by atoms with Crippen LogP contribution in [-0.2, 0) is 50.0 Å². The summed E-state index contributed by atoms with van der Waals surface area (Å²) < 4.78 is 39.2. The lowest BCUT2D eigenvalue weighted by molar-refractivity contribution is -0.156. The fourth-order valence-corrected chi connectivity index (χ4v) is 10.7. The molecular weight excluding hydrogens is 909 g/mol. The number of ether oxygens (including phenoxy) is 7. The van der Waals surface area contributed by atoms with Gasteiger partial charge in [0.1, 0.15) is 18.1 Å². The zero-order valence-electron chi connectivity index (χ0n) is 39.4. The number of amides is 3. The van der Waals surface area contributed by atoms with E-state index >= 15 is 0 Å². The van der Waals surface area contributed by atoms with Crippen molar-refractivity contribution in [3.63, 3.8) is 0 Å². The molecule has 4 atom stereocenters. The predicted octanol–water partition coefficient (Wildman–Crippen LogP) is 4.09. The number of esters is 2. The third kappa shape index (κ3) is 12.3. The number of unbranched alkanes of at least 4 members (excludes halogenated alkanes) is 1. The quantitative estimate of drug-likeness (QED) is 0.0218. The van der Waals surface area contributed by atoms with Crippen LogP contribution < -0.4 is 30.7 Å². The van der Waals surface area contributed by atoms with Gasteiger partial charge in [0.25, 0.3) is 5.91 Å². The number of carbonyl (C=O) groups excluding carboxylic acids is 5. The molecular formula is C50H64N6O12S. The number of para-hydroxylation sites is 1. The van der Waals surface area contributed by atoms with E-state index in [1.165, 1.54) is 20.3 Å². The molecule has 2 fully saturated rings. The van der Waals surface area contributed by atoms with Gasteiger partial charge in [-0.1, -0.05) is 31.2 Å². The van der Waals surface area contributed by atoms with Crippen LogP contribution in [0.1, 0.15) is 53.7 Å². The minimum atomic E-state index is -1.81. The topological polar surface area (TPSA) is 217 Å². The third-order valence-corrected chi connectivity index (χ3v) is 14.0. The summed E-state index contributed by atoms with van der Waals surface area (Å²) in [5.74, 6) is -0.479. The van der Waals surface area contributed by atoms with E-state index in [1.807, 2.05) is 11.8 Å². The molecule has 372 valence electrons. The highest BCUT2D eigenvalue weighted by molar-refractivity contribution is 8.00. The number of urea groups is 1. The molecule has 4 aliphatic rings. The molecule has 0 bridgehead atoms. The van der Waals surface area contributed by atoms with Gasteiger partial charge in [0.15, 0.2) is 12.4 Å². The predicted molar refractivity (Wildman–Crippen MR) is 259 cm³/mol. The lowest BCUT2D eigenvalue weighted by atomic mass is 9.75. The number of aromatic amines is 1. The molecule has 2 saturated heterocycles. The number of rotatable bonds is 29. The Morgan fingerprint density at radius 2 is 1.65 bits per heavy atom. The van der Waals surface area contributed by atoms with Crippen LogP contribution in [0.4, 0.5) is 4.79 Å². The maximum Gasteiger partial charge on any atom is 0.343 e. The van der Waals surface area contributed by atoms with Crippen molar-refractivity contribution in [1.29, 1.82) is 0 Å². The number of Topliss-reactive ketones (excluding diaryl/α,β-unsaturated/α-hetero) is 1. The van der Waals surface area contributed by atoms with Crippen LogP contribution in [0, 0.1) is 0 Å². The number of hydrogen-bond acceptors (Lipinski definition) is 15. The molecule has 18 nitrogen and oxygen atoms in total. The molecule has 19 heteroatoms. The first-order valence-electron chi connectivity index (χ1n) is 23.6. The first-order chi connectivity index (χ1) is 33.7. The molecule has 5 heterocycles. The van der Waals surface area contributed by atoms with Crippen molar-refractivity contribution in [3.8, 4) is 11.5 Å². The molecule has 3 aromatic rings. The van der Waals surface area contributed by atoms with E-state index in [9.17, 15) is 24.0 Å². The molecule has 2 aromatic carbocycles. The summed E-state index contributed by atoms with van der Waals surface area (Å²) >= 11 is 1.96. The van der Waals surface area contributed by atoms with Crippen molar-refractivity contribution in [2.45, 2.75) is 61.4 Å². The molecule has 0 aliphatic carbocycles. The molecule has 0 radical (unpaired) electrons. The van der Waals surface area contributed by atoms with Crippen molar-refractivity contribution in [3.05, 3.63) is 95.4 Å². The van der Waals surface area contributed by atoms with E-state index in [2.05, 4.69) is 32.8 Å². The van der Waals surface area contributed by atoms with Crippen LogP contribution in [0.3, 0.4) is 0 Å². The Morgan fingerprint density at radius 1 is 0.899 bits per heavy atom. The molecule has 69 heavy (non-hydrogen) atoms. The Hall–Kier alpha value is -5.86. The van der Waals surface area contributed by atoms with E-state index in [1.54, 1.807) is 59.6 Å². The monoisotopic (exact) mass is 972 g/mol. The summed E-state index contributed by atoms with van der Waals surface area (Å²) in [6.45, 7) is 9.25. The Morgan fingerprint density at radius 3 is 2.42 bits per heavy atom. The van der Waals surface area contributed by atoms with E-state index in [-0.39, 0.29) is 60.5 Å². The second-order valence-electron chi connectivity index (χ2n) is 16.9. The average molecular weight is 973 g/mol. The Kier molecular flexibility index (Phi) is 18.6. The molecule has 5 N–H and O–H groups in total. The van der Waals surface area contributed by atoms with Crippen LogP contribution in [0.5, 0.6) is 11.5 Å². The average Bonchev–Trinajstić information content (AvgIpc) is 4.06. The van der Waals surface area contributed by atoms with Gasteiger partial charge in [-0.3, -0.25) is 9.59 Å². The van der Waals surface area contributed by atoms with Gasteiger partial charge < -0.3 is 64.3 Å². The molecule has 0 spiro atoms. The van der Waals surface area contributed by atoms with Gasteiger partial charge in [-0.05, 0) is 87.2 Å². The van der Waals surface area contributed by atoms with Crippen molar-refractivity contribution >= 4 is 52.3 Å². The van der Waals surface area contributed by atoms with Crippen molar-refractivity contribution in [1.82, 2.24) is 31.2 Å². The minimum Gasteiger partial charge on any atom is -0.489 e. The smallest absolute Gasteiger partial charge is 0.343 e. The number of aromatic nitrogens is 1. The fourth-order valence-electron chi connectivity index (χ4n) is 9.15. The van der Waals surface area contributed by atoms with Crippen LogP contribution in [0.2, 0.25) is 0 Å². The van der Waals surface area contributed by atoms with Crippen LogP contribution >= 0.6 is 11.8 Å². The van der Waals surface area contributed by atoms with E-state index in [0.717, 1.165) is 55.5 Å². The van der Waals surface area contributed by atoms with Gasteiger partial charge in [-0.2, -0.15) is 11.8 Å². The maximum atomic E-state index is 14.1. The molecule has 0 saturated carbocycles. The standard InChI is InChI=1S/C50H64N6O12S/c1-4-21-67-41-12-6-5-11-36(41)45(58)33-28-38(47(59)62-2)50(48(60)63-3)46-35(16-20-56(50)30-33)37-29-34(14-15-39(37)53-46)68-31-43(57)52-19-10-23-65-25-27-66-26-24-64-22-9-18-51-17-8-7-13-42-44-40(32-69-42)54-49(61)55-44/h4-6,11-12,14-15,28-30,40,42,44,51,53H,1,7-10,13,16-27,31-32H2,2-3H3,(H,52,57)(H2,54,55,61). The number of carbonyl (C=O) groups is 5. The lowest BCUT2D eigenvalue weighted by Gasteiger charge is -2.46. The number of benzene rings is 2. The fraction of sp³-hybridized carbons (Fsp3) is 0.500. The number of thioether (sulfide) groups is 1. The summed E-state index contributed by atoms with van der Waals surface area (Å²) in [4.78, 5) is 71.1. The number of allylic oxidation sites excluding steroid dienone is 2. The normalized spacial score (nSPS) is 20.1. The molecule has 1 aromatic heterocycles. The third-order valence-electron chi connectivity index (χ3n) is 12.5. The Bertz CT molecular complexity index is 2370. The SMILES string of the molecule is C=CCOc1ccccc1C(=O)C1=CN2CCc3c([nH]c4ccc(OCC(=O)NCCCOCCOCCOCCCNCCCCC5SCC6NC(=O)NC65)cc34)C2(C(=O)OC)C(C(=O)OC)=C1. The first-order valence-corrected chi connectivity index (χ1v) is 24.7. The summed E-state index contributed by atoms with van der Waals surface area (Å²) in [6.07, 6.45) is 9.92. The van der Waals surface area contributed by atoms with Gasteiger partial charge in [-0.15, -0.1) is 0 Å². The van der Waals surface area contributed by atoms with Crippen LogP contribution in [-0.4, -0.2) is 156 Å². The number of ketones is 1. The number of nitrogens with zero attached hydrogens (tertiary/aromatic N) is 1. The summed E-state index contributed by atoms with van der Waals surface area (Å²) in [5.41, 5.74) is 0.334. The molecule has 7 rings (SSSR count). The van der Waals surface area contributed by atoms with Gasteiger partial charge in [-0.25, -0.2) is 14.4 Å². The second kappa shape index (κ2) is 25.1. The Labute approximate surface area is 406 Å². The van der Waals surface area contributed by atoms with E-state index < -0.39 is 23.3 Å². The number of nitrogens with one attached hydrogen (secondary N) is 5. The molecule has 4 aliphatic heterocycles. The highest BCUT2D eigenvalue weighted by Gasteiger charge is 2.58. The maximum absolute atomic E-state index is 14.1. The lowest BCUT2D eigenvalue weighted by Crippen LogP contribution is -2.58. The van der Waals surface area contributed by atoms with Gasteiger partial charge in [0, 0.05) is 60.0 Å². The largest absolute Gasteiger partial charge is 0.489 e. The summed E-state index contributed by atoms with van der Waals surface area (Å²) in [5, 5.41) is 13.6. The summed E-state index contributed by atoms with van der Waals surface area (Å²) in [6, 6.07) is 12.6. The van der Waals surface area contributed by atoms with E-state index in [4.69, 9.17) is 33.2 Å². The number of hydrogen-bond donors (Lipinski definition) is 5. The Balaban J connectivity index is 0.792. The second-order valence-corrected chi connectivity index (χ2v) is 18.2. The minimum absolute atomic E-state index is 0.0269. The summed E-state index contributed by atoms with van der Waals surface area (Å²) in [7, 11) is 2.45. The number of fused-ring (bicyclic) bond motifs is 6. The molecule has 3 amide bonds. The van der Waals surface area contributed by atoms with Gasteiger partial charge >= 0.3 is 18.0 Å². The zero-order chi connectivity index (χ0) is 48.6. The highest BCUT2D eigenvalue weighted by Crippen LogP contribution is 2.48. The highest BCUT2D eigenvalue weighted by atomic mass is 32.2. The van der Waals surface area contributed by atoms with Gasteiger partial charge in [0.05, 0.1) is 69.6 Å². The van der Waals surface area contributed by atoms with E-state index in [0.29, 0.717) is 87.0 Å². The van der Waals surface area contributed by atoms with Crippen molar-refractivity contribution in [2.75, 3.05) is 99.0 Å². The number of methoxy groups -OCH3 is 2. The zero-order valence-corrected chi connectivity index (χ0v) is 40.2. The number of H-pyrrole nitrogens is 1.